The Morgan fingerprint density at radius 3 is 2.74 bits per heavy atom. The summed E-state index contributed by atoms with van der Waals surface area (Å²) in [5.41, 5.74) is -2.95. The number of amides is 3. The molecule has 0 aliphatic carbocycles. The largest absolute Gasteiger partial charge is 0.488 e. The van der Waals surface area contributed by atoms with Gasteiger partial charge in [0.2, 0.25) is 11.8 Å². The van der Waals surface area contributed by atoms with E-state index in [2.05, 4.69) is 5.32 Å². The fourth-order valence-electron chi connectivity index (χ4n) is 5.11. The molecule has 0 bridgehead atoms. The molecule has 0 aromatic heterocycles. The number of nitrogens with zero attached hydrogens (tertiary/aromatic N) is 2. The molecule has 38 heavy (non-hydrogen) atoms. The Morgan fingerprint density at radius 1 is 1.18 bits per heavy atom. The highest BCUT2D eigenvalue weighted by Gasteiger charge is 2.40. The number of morpholine rings is 1. The number of hydrogen-bond donors (Lipinski definition) is 1. The molecule has 3 amide bonds. The SMILES string of the molecule is [2H]C([2H])([2H])C1(C)OC(C)(C)C([2H])([2H])N(Cc2ccc(F)c(COc3cccc4c3CN(C3CCC(=O)NC3=O)C4=O)c2)C1([2H])[2H]. The lowest BCUT2D eigenvalue weighted by atomic mass is 9.98. The van der Waals surface area contributed by atoms with Gasteiger partial charge in [-0.1, -0.05) is 12.1 Å². The molecule has 1 N–H and O–H groups in total. The molecule has 0 saturated carbocycles. The lowest BCUT2D eigenvalue weighted by Crippen LogP contribution is -2.56. The van der Waals surface area contributed by atoms with Gasteiger partial charge in [0.15, 0.2) is 0 Å². The van der Waals surface area contributed by atoms with Crippen LogP contribution in [0.25, 0.3) is 0 Å². The van der Waals surface area contributed by atoms with Crippen LogP contribution in [0.4, 0.5) is 4.39 Å². The van der Waals surface area contributed by atoms with Crippen molar-refractivity contribution in [1.29, 1.82) is 0 Å². The van der Waals surface area contributed by atoms with Crippen LogP contribution in [0, 0.1) is 5.82 Å². The number of fused-ring (bicyclic) bond motifs is 1. The molecule has 3 heterocycles. The van der Waals surface area contributed by atoms with Crippen molar-refractivity contribution in [3.63, 3.8) is 0 Å². The zero-order valence-electron chi connectivity index (χ0n) is 28.4. The number of benzene rings is 2. The van der Waals surface area contributed by atoms with E-state index < -0.39 is 61.3 Å². The molecule has 0 spiro atoms. The average molecular weight is 531 g/mol. The summed E-state index contributed by atoms with van der Waals surface area (Å²) in [6, 6.07) is 7.87. The first kappa shape index (κ1) is 18.9. The average Bonchev–Trinajstić information content (AvgIpc) is 3.26. The van der Waals surface area contributed by atoms with Crippen LogP contribution in [0.1, 0.15) is 77.1 Å². The minimum Gasteiger partial charge on any atom is -0.488 e. The summed E-state index contributed by atoms with van der Waals surface area (Å²) < 4.78 is 85.6. The van der Waals surface area contributed by atoms with Crippen LogP contribution < -0.4 is 10.1 Å². The number of halogens is 1. The maximum Gasteiger partial charge on any atom is 0.255 e. The fraction of sp³-hybridized carbons (Fsp3) is 0.483. The summed E-state index contributed by atoms with van der Waals surface area (Å²) in [5.74, 6) is -1.70. The van der Waals surface area contributed by atoms with E-state index >= 15 is 4.39 Å². The van der Waals surface area contributed by atoms with Gasteiger partial charge in [0.25, 0.3) is 5.91 Å². The summed E-state index contributed by atoms with van der Waals surface area (Å²) >= 11 is 0. The van der Waals surface area contributed by atoms with Crippen LogP contribution in [0.3, 0.4) is 0 Å². The van der Waals surface area contributed by atoms with Crippen molar-refractivity contribution in [2.24, 2.45) is 0 Å². The van der Waals surface area contributed by atoms with Crippen LogP contribution in [0.15, 0.2) is 36.4 Å². The smallest absolute Gasteiger partial charge is 0.255 e. The molecule has 2 aromatic rings. The monoisotopic (exact) mass is 530 g/mol. The van der Waals surface area contributed by atoms with Gasteiger partial charge in [0, 0.05) is 52.2 Å². The normalized spacial score (nSPS) is 31.1. The Morgan fingerprint density at radius 2 is 1.97 bits per heavy atom. The van der Waals surface area contributed by atoms with Gasteiger partial charge in [-0.25, -0.2) is 4.39 Å². The number of rotatable bonds is 6. The van der Waals surface area contributed by atoms with Crippen molar-refractivity contribution in [2.75, 3.05) is 13.0 Å². The number of imide groups is 1. The van der Waals surface area contributed by atoms with Crippen molar-refractivity contribution in [1.82, 2.24) is 15.1 Å². The van der Waals surface area contributed by atoms with Crippen molar-refractivity contribution in [3.05, 3.63) is 64.5 Å². The zero-order valence-corrected chi connectivity index (χ0v) is 21.4. The second kappa shape index (κ2) is 9.78. The zero-order chi connectivity index (χ0) is 33.3. The van der Waals surface area contributed by atoms with E-state index in [1.54, 1.807) is 18.2 Å². The number of hydrogen-bond acceptors (Lipinski definition) is 6. The standard InChI is InChI=1S/C29H34FN3O5/c1-28(2)16-32(17-29(3,4)38-28)13-18-8-9-22(30)19(12-18)15-37-24-7-5-6-20-21(24)14-33(27(20)36)23-10-11-25(34)31-26(23)35/h5-9,12,23H,10-11,13-17H2,1-4H3,(H,31,34,35)/i1D3,16D2,17D2. The first-order chi connectivity index (χ1) is 20.7. The molecule has 3 aliphatic rings. The summed E-state index contributed by atoms with van der Waals surface area (Å²) in [4.78, 5) is 39.3. The Labute approximate surface area is 231 Å². The first-order valence-electron chi connectivity index (χ1n) is 15.9. The summed E-state index contributed by atoms with van der Waals surface area (Å²) in [6.07, 6.45) is 0.302. The van der Waals surface area contributed by atoms with Crippen LogP contribution in [-0.2, 0) is 34.0 Å². The van der Waals surface area contributed by atoms with Gasteiger partial charge >= 0.3 is 0 Å². The molecule has 0 radical (unpaired) electrons. The van der Waals surface area contributed by atoms with Crippen LogP contribution in [-0.4, -0.2) is 57.8 Å². The number of ether oxygens (including phenoxy) is 2. The van der Waals surface area contributed by atoms with Gasteiger partial charge in [0.05, 0.1) is 17.7 Å². The van der Waals surface area contributed by atoms with Gasteiger partial charge in [-0.15, -0.1) is 0 Å². The minimum absolute atomic E-state index is 0.0539. The second-order valence-corrected chi connectivity index (χ2v) is 10.4. The maximum atomic E-state index is 15.0. The maximum absolute atomic E-state index is 15.0. The number of carbonyl (C=O) groups is 3. The molecule has 2 atom stereocenters. The van der Waals surface area contributed by atoms with E-state index in [0.29, 0.717) is 16.7 Å². The fourth-order valence-corrected chi connectivity index (χ4v) is 5.11. The minimum atomic E-state index is -2.95. The third-order valence-electron chi connectivity index (χ3n) is 6.58. The highest BCUT2D eigenvalue weighted by atomic mass is 19.1. The van der Waals surface area contributed by atoms with Crippen molar-refractivity contribution < 1.29 is 37.8 Å². The lowest BCUT2D eigenvalue weighted by molar-refractivity contribution is -0.182. The van der Waals surface area contributed by atoms with E-state index in [9.17, 15) is 14.4 Å². The molecule has 2 fully saturated rings. The second-order valence-electron chi connectivity index (χ2n) is 10.4. The molecule has 202 valence electrons. The van der Waals surface area contributed by atoms with E-state index in [-0.39, 0.29) is 43.2 Å². The van der Waals surface area contributed by atoms with Crippen molar-refractivity contribution >= 4 is 17.7 Å². The molecule has 5 rings (SSSR count). The van der Waals surface area contributed by atoms with Crippen LogP contribution in [0.5, 0.6) is 5.75 Å². The summed E-state index contributed by atoms with van der Waals surface area (Å²) in [7, 11) is 0. The number of nitrogens with one attached hydrogen (secondary N) is 1. The predicted molar refractivity (Wildman–Crippen MR) is 138 cm³/mol. The van der Waals surface area contributed by atoms with Crippen molar-refractivity contribution in [3.8, 4) is 5.75 Å². The van der Waals surface area contributed by atoms with Gasteiger partial charge < -0.3 is 14.4 Å². The quantitative estimate of drug-likeness (QED) is 0.575. The van der Waals surface area contributed by atoms with E-state index in [1.807, 2.05) is 0 Å². The number of piperidine rings is 1. The molecule has 3 aliphatic heterocycles. The van der Waals surface area contributed by atoms with E-state index in [1.165, 1.54) is 30.9 Å². The first-order valence-corrected chi connectivity index (χ1v) is 12.4. The highest BCUT2D eigenvalue weighted by Crippen LogP contribution is 2.34. The van der Waals surface area contributed by atoms with Crippen LogP contribution in [0.2, 0.25) is 0 Å². The molecule has 9 heteroatoms. The topological polar surface area (TPSA) is 88.2 Å². The van der Waals surface area contributed by atoms with Gasteiger partial charge in [-0.3, -0.25) is 24.6 Å². The Hall–Kier alpha value is -3.30. The highest BCUT2D eigenvalue weighted by molar-refractivity contribution is 6.05. The van der Waals surface area contributed by atoms with Gasteiger partial charge in [0.1, 0.15) is 24.2 Å². The molecular formula is C29H34FN3O5. The summed E-state index contributed by atoms with van der Waals surface area (Å²) in [5, 5.41) is 2.25. The van der Waals surface area contributed by atoms with E-state index in [4.69, 9.17) is 19.1 Å². The lowest BCUT2D eigenvalue weighted by Gasteiger charge is -2.47. The van der Waals surface area contributed by atoms with Gasteiger partial charge in [-0.05, 0) is 63.9 Å². The third kappa shape index (κ3) is 5.44. The van der Waals surface area contributed by atoms with E-state index in [0.717, 1.165) is 17.9 Å². The Balaban J connectivity index is 1.38. The van der Waals surface area contributed by atoms with Crippen LogP contribution >= 0.6 is 0 Å². The molecule has 2 saturated heterocycles. The predicted octanol–water partition coefficient (Wildman–Crippen LogP) is 3.56. The third-order valence-corrected chi connectivity index (χ3v) is 6.58. The number of carbonyl (C=O) groups excluding carboxylic acids is 3. The van der Waals surface area contributed by atoms with Gasteiger partial charge in [-0.2, -0.15) is 0 Å². The Kier molecular flexibility index (Phi) is 4.86. The molecule has 2 unspecified atom stereocenters. The summed E-state index contributed by atoms with van der Waals surface area (Å²) in [6.45, 7) is -5.09. The molecular weight excluding hydrogens is 489 g/mol. The molecule has 2 aromatic carbocycles. The van der Waals surface area contributed by atoms with Crippen molar-refractivity contribution in [2.45, 2.75) is 77.4 Å². The Bertz CT molecular complexity index is 1570. The molecule has 8 nitrogen and oxygen atoms in total.